The Balaban J connectivity index is 3.95. The molecular weight excluding hydrogens is 218 g/mol. The van der Waals surface area contributed by atoms with Gasteiger partial charge in [-0.15, -0.1) is 0 Å². The average molecular weight is 232 g/mol. The number of rotatable bonds is 6. The Morgan fingerprint density at radius 2 is 1.69 bits per heavy atom. The van der Waals surface area contributed by atoms with Crippen molar-refractivity contribution in [3.8, 4) is 0 Å². The van der Waals surface area contributed by atoms with E-state index in [1.165, 1.54) is 0 Å². The van der Waals surface area contributed by atoms with Crippen molar-refractivity contribution < 1.29 is 28.1 Å². The van der Waals surface area contributed by atoms with E-state index in [9.17, 15) is 9.13 Å². The van der Waals surface area contributed by atoms with E-state index in [1.807, 2.05) is 6.92 Å². The van der Waals surface area contributed by atoms with Gasteiger partial charge in [0, 0.05) is 0 Å². The molecule has 0 bridgehead atoms. The Morgan fingerprint density at radius 1 is 1.15 bits per heavy atom. The van der Waals surface area contributed by atoms with Gasteiger partial charge in [-0.3, -0.25) is 4.57 Å². The minimum atomic E-state index is -4.85. The second-order valence-corrected chi connectivity index (χ2v) is 6.00. The Kier molecular flexibility index (Phi) is 5.37. The molecule has 0 rings (SSSR count). The lowest BCUT2D eigenvalue weighted by Gasteiger charge is -2.11. The SMILES string of the molecule is CCCCCP(=O)(O)OP(=O)(O)O. The molecule has 0 saturated carbocycles. The molecule has 0 spiro atoms. The Labute approximate surface area is 76.7 Å². The summed E-state index contributed by atoms with van der Waals surface area (Å²) in [5.74, 6) is 0. The van der Waals surface area contributed by atoms with Crippen LogP contribution in [0.3, 0.4) is 0 Å². The van der Waals surface area contributed by atoms with Crippen LogP contribution in [-0.4, -0.2) is 20.8 Å². The third-order valence-corrected chi connectivity index (χ3v) is 4.03. The summed E-state index contributed by atoms with van der Waals surface area (Å²) in [6.45, 7) is 1.91. The molecule has 80 valence electrons. The van der Waals surface area contributed by atoms with E-state index in [0.29, 0.717) is 6.42 Å². The van der Waals surface area contributed by atoms with Gasteiger partial charge in [-0.2, -0.15) is 0 Å². The standard InChI is InChI=1S/C5H14O6P2/c1-2-3-4-5-12(6,7)11-13(8,9)10/h2-5H2,1H3,(H,6,7)(H2,8,9,10). The van der Waals surface area contributed by atoms with Gasteiger partial charge < -0.3 is 14.7 Å². The van der Waals surface area contributed by atoms with Gasteiger partial charge in [-0.05, 0) is 6.42 Å². The van der Waals surface area contributed by atoms with Crippen molar-refractivity contribution in [3.63, 3.8) is 0 Å². The zero-order valence-corrected chi connectivity index (χ0v) is 9.08. The number of hydrogen-bond acceptors (Lipinski definition) is 3. The summed E-state index contributed by atoms with van der Waals surface area (Å²) < 4.78 is 24.9. The van der Waals surface area contributed by atoms with E-state index in [0.717, 1.165) is 12.8 Å². The highest BCUT2D eigenvalue weighted by atomic mass is 31.3. The van der Waals surface area contributed by atoms with Gasteiger partial charge in [0.05, 0.1) is 6.16 Å². The lowest BCUT2D eigenvalue weighted by atomic mass is 10.3. The maximum Gasteiger partial charge on any atom is 0.476 e. The molecule has 0 aromatic carbocycles. The highest BCUT2D eigenvalue weighted by molar-refractivity contribution is 7.63. The molecule has 0 aromatic rings. The third kappa shape index (κ3) is 8.63. The van der Waals surface area contributed by atoms with E-state index in [1.54, 1.807) is 0 Å². The molecule has 6 nitrogen and oxygen atoms in total. The quantitative estimate of drug-likeness (QED) is 0.473. The van der Waals surface area contributed by atoms with Crippen LogP contribution in [0.4, 0.5) is 0 Å². The molecule has 0 aliphatic heterocycles. The third-order valence-electron chi connectivity index (χ3n) is 1.28. The number of hydrogen-bond donors (Lipinski definition) is 3. The van der Waals surface area contributed by atoms with Crippen molar-refractivity contribution in [2.45, 2.75) is 26.2 Å². The molecule has 3 N–H and O–H groups in total. The smallest absolute Gasteiger partial charge is 0.324 e. The normalized spacial score (nSPS) is 16.9. The lowest BCUT2D eigenvalue weighted by molar-refractivity contribution is 0.263. The molecule has 0 saturated heterocycles. The second-order valence-electron chi connectivity index (χ2n) is 2.64. The van der Waals surface area contributed by atoms with Gasteiger partial charge in [0.25, 0.3) is 0 Å². The fourth-order valence-corrected chi connectivity index (χ4v) is 3.05. The largest absolute Gasteiger partial charge is 0.476 e. The van der Waals surface area contributed by atoms with Crippen LogP contribution in [0.1, 0.15) is 26.2 Å². The maximum atomic E-state index is 10.9. The molecule has 0 aliphatic carbocycles. The number of phosphoric acid groups is 1. The highest BCUT2D eigenvalue weighted by Crippen LogP contribution is 2.57. The van der Waals surface area contributed by atoms with Crippen LogP contribution in [0.2, 0.25) is 0 Å². The first kappa shape index (κ1) is 13.3. The molecule has 0 fully saturated rings. The van der Waals surface area contributed by atoms with Gasteiger partial charge in [-0.25, -0.2) is 8.88 Å². The molecule has 0 heterocycles. The van der Waals surface area contributed by atoms with Gasteiger partial charge in [-0.1, -0.05) is 19.8 Å². The van der Waals surface area contributed by atoms with Crippen molar-refractivity contribution in [1.29, 1.82) is 0 Å². The first-order chi connectivity index (χ1) is 5.77. The zero-order valence-electron chi connectivity index (χ0n) is 7.29. The molecule has 0 aromatic heterocycles. The predicted molar refractivity (Wildman–Crippen MR) is 47.3 cm³/mol. The predicted octanol–water partition coefficient (Wildman–Crippen LogP) is 1.47. The van der Waals surface area contributed by atoms with Crippen molar-refractivity contribution in [2.24, 2.45) is 0 Å². The van der Waals surface area contributed by atoms with Crippen LogP contribution in [0.25, 0.3) is 0 Å². The van der Waals surface area contributed by atoms with Crippen LogP contribution in [0.5, 0.6) is 0 Å². The monoisotopic (exact) mass is 232 g/mol. The highest BCUT2D eigenvalue weighted by Gasteiger charge is 2.29. The van der Waals surface area contributed by atoms with Crippen molar-refractivity contribution in [1.82, 2.24) is 0 Å². The molecular formula is C5H14O6P2. The fourth-order valence-electron chi connectivity index (χ4n) is 0.769. The molecule has 1 atom stereocenters. The summed E-state index contributed by atoms with van der Waals surface area (Å²) in [5.41, 5.74) is 0. The minimum absolute atomic E-state index is 0.216. The topological polar surface area (TPSA) is 104 Å². The summed E-state index contributed by atoms with van der Waals surface area (Å²) in [6, 6.07) is 0. The molecule has 0 radical (unpaired) electrons. The lowest BCUT2D eigenvalue weighted by Crippen LogP contribution is -1.93. The van der Waals surface area contributed by atoms with Crippen LogP contribution in [0.15, 0.2) is 0 Å². The van der Waals surface area contributed by atoms with E-state index in [-0.39, 0.29) is 6.16 Å². The average Bonchev–Trinajstić information content (AvgIpc) is 1.81. The molecule has 1 unspecified atom stereocenters. The summed E-state index contributed by atoms with van der Waals surface area (Å²) in [6.07, 6.45) is 1.79. The fraction of sp³-hybridized carbons (Fsp3) is 1.00. The minimum Gasteiger partial charge on any atom is -0.324 e. The van der Waals surface area contributed by atoms with E-state index < -0.39 is 15.4 Å². The molecule has 8 heteroatoms. The first-order valence-electron chi connectivity index (χ1n) is 3.85. The Hall–Kier alpha value is 0.300. The van der Waals surface area contributed by atoms with Crippen LogP contribution in [-0.2, 0) is 13.4 Å². The molecule has 13 heavy (non-hydrogen) atoms. The molecule has 0 aliphatic rings. The van der Waals surface area contributed by atoms with Crippen LogP contribution >= 0.6 is 15.4 Å². The Bertz CT molecular complexity index is 233. The van der Waals surface area contributed by atoms with E-state index in [2.05, 4.69) is 4.31 Å². The van der Waals surface area contributed by atoms with Crippen molar-refractivity contribution in [2.75, 3.05) is 6.16 Å². The zero-order chi connectivity index (χ0) is 10.5. The first-order valence-corrected chi connectivity index (χ1v) is 7.15. The summed E-state index contributed by atoms with van der Waals surface area (Å²) >= 11 is 0. The van der Waals surface area contributed by atoms with Crippen molar-refractivity contribution in [3.05, 3.63) is 0 Å². The van der Waals surface area contributed by atoms with Gasteiger partial charge in [0.15, 0.2) is 0 Å². The van der Waals surface area contributed by atoms with Gasteiger partial charge in [0.1, 0.15) is 0 Å². The van der Waals surface area contributed by atoms with Crippen LogP contribution in [0, 0.1) is 0 Å². The summed E-state index contributed by atoms with van der Waals surface area (Å²) in [5, 5.41) is 0. The van der Waals surface area contributed by atoms with Gasteiger partial charge in [0.2, 0.25) is 0 Å². The number of unbranched alkanes of at least 4 members (excludes halogenated alkanes) is 2. The van der Waals surface area contributed by atoms with Gasteiger partial charge >= 0.3 is 15.4 Å². The Morgan fingerprint density at radius 3 is 2.08 bits per heavy atom. The summed E-state index contributed by atoms with van der Waals surface area (Å²) in [7, 11) is -8.96. The summed E-state index contributed by atoms with van der Waals surface area (Å²) in [4.78, 5) is 25.5. The molecule has 0 amide bonds. The van der Waals surface area contributed by atoms with E-state index in [4.69, 9.17) is 14.7 Å². The van der Waals surface area contributed by atoms with Crippen molar-refractivity contribution >= 4 is 15.4 Å². The second kappa shape index (κ2) is 5.25. The maximum absolute atomic E-state index is 10.9. The van der Waals surface area contributed by atoms with Crippen LogP contribution < -0.4 is 0 Å². The van der Waals surface area contributed by atoms with E-state index >= 15 is 0 Å².